The topological polar surface area (TPSA) is 85.0 Å². The summed E-state index contributed by atoms with van der Waals surface area (Å²) in [5.41, 5.74) is 2.09. The zero-order chi connectivity index (χ0) is 21.8. The van der Waals surface area contributed by atoms with Gasteiger partial charge < -0.3 is 34.4 Å². The molecule has 0 spiro atoms. The quantitative estimate of drug-likeness (QED) is 0.350. The van der Waals surface area contributed by atoms with Crippen molar-refractivity contribution in [1.82, 2.24) is 10.3 Å². The molecular weight excluding hydrogens is 408 g/mol. The lowest BCUT2D eigenvalue weighted by molar-refractivity contribution is 0.106. The first-order valence-corrected chi connectivity index (χ1v) is 10.8. The number of para-hydroxylation sites is 2. The zero-order valence-electron chi connectivity index (χ0n) is 17.7. The van der Waals surface area contributed by atoms with E-state index in [9.17, 15) is 5.11 Å². The Kier molecular flexibility index (Phi) is 6.00. The molecule has 3 N–H and O–H groups in total. The van der Waals surface area contributed by atoms with Gasteiger partial charge in [0.2, 0.25) is 5.75 Å². The van der Waals surface area contributed by atoms with Crippen molar-refractivity contribution in [2.75, 3.05) is 39.5 Å². The van der Waals surface area contributed by atoms with Crippen molar-refractivity contribution < 1.29 is 24.1 Å². The number of hydrogen-bond acceptors (Lipinski definition) is 6. The Labute approximate surface area is 185 Å². The SMILES string of the molecule is OC(CNCCOc1cccc2c1OCCO2)COc1cccc2[nH]c3ccccc3c12. The van der Waals surface area contributed by atoms with Gasteiger partial charge in [-0.3, -0.25) is 0 Å². The first-order valence-electron chi connectivity index (χ1n) is 10.8. The van der Waals surface area contributed by atoms with Gasteiger partial charge >= 0.3 is 0 Å². The number of benzene rings is 3. The first kappa shape index (κ1) is 20.5. The molecule has 1 atom stereocenters. The molecule has 0 saturated heterocycles. The van der Waals surface area contributed by atoms with E-state index in [2.05, 4.69) is 16.4 Å². The van der Waals surface area contributed by atoms with E-state index in [4.69, 9.17) is 18.9 Å². The summed E-state index contributed by atoms with van der Waals surface area (Å²) in [5.74, 6) is 2.79. The Morgan fingerprint density at radius 1 is 0.906 bits per heavy atom. The first-order chi connectivity index (χ1) is 15.8. The van der Waals surface area contributed by atoms with E-state index < -0.39 is 6.10 Å². The minimum absolute atomic E-state index is 0.198. The van der Waals surface area contributed by atoms with Crippen molar-refractivity contribution in [2.24, 2.45) is 0 Å². The largest absolute Gasteiger partial charge is 0.490 e. The van der Waals surface area contributed by atoms with Gasteiger partial charge in [0.05, 0.1) is 5.52 Å². The van der Waals surface area contributed by atoms with Crippen LogP contribution in [0.2, 0.25) is 0 Å². The summed E-state index contributed by atoms with van der Waals surface area (Å²) in [6, 6.07) is 19.7. The highest BCUT2D eigenvalue weighted by Crippen LogP contribution is 2.38. The molecule has 0 saturated carbocycles. The Bertz CT molecular complexity index is 1210. The molecule has 0 radical (unpaired) electrons. The fraction of sp³-hybridized carbons (Fsp3) is 0.280. The molecule has 7 heteroatoms. The highest BCUT2D eigenvalue weighted by atomic mass is 16.6. The lowest BCUT2D eigenvalue weighted by Crippen LogP contribution is -2.33. The summed E-state index contributed by atoms with van der Waals surface area (Å²) in [5, 5.41) is 15.7. The number of aromatic amines is 1. The number of ether oxygens (including phenoxy) is 4. The molecule has 2 heterocycles. The molecule has 1 unspecified atom stereocenters. The predicted molar refractivity (Wildman–Crippen MR) is 123 cm³/mol. The summed E-state index contributed by atoms with van der Waals surface area (Å²) in [6.07, 6.45) is -0.642. The number of fused-ring (bicyclic) bond motifs is 4. The number of aliphatic hydroxyl groups excluding tert-OH is 1. The van der Waals surface area contributed by atoms with Crippen LogP contribution in [0.15, 0.2) is 60.7 Å². The molecule has 0 aliphatic carbocycles. The Hall–Kier alpha value is -3.42. The fourth-order valence-corrected chi connectivity index (χ4v) is 3.90. The van der Waals surface area contributed by atoms with Crippen molar-refractivity contribution >= 4 is 21.8 Å². The molecule has 1 aliphatic heterocycles. The van der Waals surface area contributed by atoms with Gasteiger partial charge in [-0.1, -0.05) is 30.3 Å². The fourth-order valence-electron chi connectivity index (χ4n) is 3.90. The molecule has 32 heavy (non-hydrogen) atoms. The second kappa shape index (κ2) is 9.38. The van der Waals surface area contributed by atoms with Crippen LogP contribution in [0.3, 0.4) is 0 Å². The monoisotopic (exact) mass is 434 g/mol. The minimum atomic E-state index is -0.642. The van der Waals surface area contributed by atoms with Gasteiger partial charge in [-0.15, -0.1) is 0 Å². The summed E-state index contributed by atoms with van der Waals surface area (Å²) in [6.45, 7) is 2.70. The normalized spacial score (nSPS) is 13.9. The molecule has 1 aliphatic rings. The van der Waals surface area contributed by atoms with Gasteiger partial charge in [0.15, 0.2) is 11.5 Å². The van der Waals surface area contributed by atoms with Crippen LogP contribution < -0.4 is 24.3 Å². The van der Waals surface area contributed by atoms with Crippen molar-refractivity contribution in [1.29, 1.82) is 0 Å². The molecule has 0 amide bonds. The van der Waals surface area contributed by atoms with Gasteiger partial charge in [0.25, 0.3) is 0 Å². The molecule has 7 nitrogen and oxygen atoms in total. The molecule has 1 aromatic heterocycles. The lowest BCUT2D eigenvalue weighted by Gasteiger charge is -2.21. The smallest absolute Gasteiger partial charge is 0.203 e. The van der Waals surface area contributed by atoms with Crippen LogP contribution in [0.5, 0.6) is 23.0 Å². The van der Waals surface area contributed by atoms with Crippen LogP contribution >= 0.6 is 0 Å². The van der Waals surface area contributed by atoms with E-state index in [1.54, 1.807) is 0 Å². The minimum Gasteiger partial charge on any atom is -0.490 e. The van der Waals surface area contributed by atoms with E-state index in [-0.39, 0.29) is 6.61 Å². The molecule has 5 rings (SSSR count). The van der Waals surface area contributed by atoms with Crippen LogP contribution in [0, 0.1) is 0 Å². The third-order valence-electron chi connectivity index (χ3n) is 5.37. The van der Waals surface area contributed by atoms with Gasteiger partial charge in [-0.25, -0.2) is 0 Å². The number of nitrogens with one attached hydrogen (secondary N) is 2. The molecule has 0 fully saturated rings. The summed E-state index contributed by atoms with van der Waals surface area (Å²) in [7, 11) is 0. The number of hydrogen-bond donors (Lipinski definition) is 3. The summed E-state index contributed by atoms with van der Waals surface area (Å²) in [4.78, 5) is 3.40. The second-order valence-corrected chi connectivity index (χ2v) is 7.65. The van der Waals surface area contributed by atoms with E-state index in [1.807, 2.05) is 54.6 Å². The molecule has 4 aromatic rings. The van der Waals surface area contributed by atoms with Crippen LogP contribution in [0.25, 0.3) is 21.8 Å². The molecule has 3 aromatic carbocycles. The van der Waals surface area contributed by atoms with Crippen molar-refractivity contribution in [2.45, 2.75) is 6.10 Å². The molecule has 0 bridgehead atoms. The Balaban J connectivity index is 1.10. The van der Waals surface area contributed by atoms with E-state index >= 15 is 0 Å². The average Bonchev–Trinajstić information content (AvgIpc) is 3.22. The van der Waals surface area contributed by atoms with E-state index in [1.165, 1.54) is 0 Å². The Morgan fingerprint density at radius 2 is 1.72 bits per heavy atom. The predicted octanol–water partition coefficient (Wildman–Crippen LogP) is 3.50. The van der Waals surface area contributed by atoms with E-state index in [0.29, 0.717) is 50.2 Å². The van der Waals surface area contributed by atoms with Gasteiger partial charge in [-0.2, -0.15) is 0 Å². The average molecular weight is 434 g/mol. The van der Waals surface area contributed by atoms with Crippen LogP contribution in [-0.2, 0) is 0 Å². The highest BCUT2D eigenvalue weighted by Gasteiger charge is 2.16. The maximum Gasteiger partial charge on any atom is 0.203 e. The van der Waals surface area contributed by atoms with Gasteiger partial charge in [0.1, 0.15) is 38.3 Å². The maximum atomic E-state index is 10.3. The highest BCUT2D eigenvalue weighted by molar-refractivity contribution is 6.10. The van der Waals surface area contributed by atoms with Crippen molar-refractivity contribution in [3.8, 4) is 23.0 Å². The van der Waals surface area contributed by atoms with Gasteiger partial charge in [0, 0.05) is 29.4 Å². The number of aromatic nitrogens is 1. The number of rotatable bonds is 9. The van der Waals surface area contributed by atoms with Crippen molar-refractivity contribution in [3.63, 3.8) is 0 Å². The summed E-state index contributed by atoms with van der Waals surface area (Å²) >= 11 is 0. The van der Waals surface area contributed by atoms with Crippen molar-refractivity contribution in [3.05, 3.63) is 60.7 Å². The molecule has 166 valence electrons. The van der Waals surface area contributed by atoms with Crippen LogP contribution in [0.1, 0.15) is 0 Å². The van der Waals surface area contributed by atoms with Crippen LogP contribution in [0.4, 0.5) is 0 Å². The summed E-state index contributed by atoms with van der Waals surface area (Å²) < 4.78 is 23.0. The lowest BCUT2D eigenvalue weighted by atomic mass is 10.1. The molecular formula is C25H26N2O5. The Morgan fingerprint density at radius 3 is 2.69 bits per heavy atom. The van der Waals surface area contributed by atoms with E-state index in [0.717, 1.165) is 27.6 Å². The van der Waals surface area contributed by atoms with Crippen LogP contribution in [-0.4, -0.2) is 55.7 Å². The third kappa shape index (κ3) is 4.30. The second-order valence-electron chi connectivity index (χ2n) is 7.65. The standard InChI is InChI=1S/C25H26N2O5/c28-17(15-26-11-12-29-22-9-4-10-23-25(22)31-14-13-30-23)16-32-21-8-3-7-20-24(21)18-5-1-2-6-19(18)27-20/h1-10,17,26-28H,11-16H2. The third-order valence-corrected chi connectivity index (χ3v) is 5.37. The maximum absolute atomic E-state index is 10.3. The zero-order valence-corrected chi connectivity index (χ0v) is 17.7. The van der Waals surface area contributed by atoms with Gasteiger partial charge in [-0.05, 0) is 30.3 Å². The number of aliphatic hydroxyl groups is 1. The number of H-pyrrole nitrogens is 1.